The van der Waals surface area contributed by atoms with Crippen molar-refractivity contribution in [1.82, 2.24) is 9.80 Å². The van der Waals surface area contributed by atoms with Crippen molar-refractivity contribution in [3.05, 3.63) is 29.8 Å². The van der Waals surface area contributed by atoms with Crippen LogP contribution >= 0.6 is 0 Å². The van der Waals surface area contributed by atoms with Gasteiger partial charge in [0.1, 0.15) is 0 Å². The van der Waals surface area contributed by atoms with Crippen LogP contribution in [0, 0.1) is 16.7 Å². The van der Waals surface area contributed by atoms with E-state index in [1.165, 1.54) is 12.1 Å². The molecule has 4 rings (SSSR count). The topological polar surface area (TPSA) is 26.8 Å². The first kappa shape index (κ1) is 23.4. The fourth-order valence-electron chi connectivity index (χ4n) is 5.94. The maximum atomic E-state index is 13.1. The summed E-state index contributed by atoms with van der Waals surface area (Å²) in [6.45, 7) is 12.6. The minimum Gasteiger partial charge on any atom is -0.369 e. The van der Waals surface area contributed by atoms with E-state index >= 15 is 0 Å². The molecule has 1 aliphatic carbocycles. The average Bonchev–Trinajstić information content (AvgIpc) is 2.89. The largest absolute Gasteiger partial charge is 0.416 e. The lowest BCUT2D eigenvalue weighted by molar-refractivity contribution is -0.155. The second kappa shape index (κ2) is 8.54. The Morgan fingerprint density at radius 1 is 1.03 bits per heavy atom. The van der Waals surface area contributed by atoms with Crippen LogP contribution in [0.5, 0.6) is 0 Å². The molecule has 1 aromatic rings. The van der Waals surface area contributed by atoms with E-state index < -0.39 is 11.7 Å². The Morgan fingerprint density at radius 2 is 1.72 bits per heavy atom. The average molecular weight is 452 g/mol. The zero-order valence-electron chi connectivity index (χ0n) is 19.5. The van der Waals surface area contributed by atoms with Gasteiger partial charge in [0, 0.05) is 45.0 Å². The molecule has 2 saturated heterocycles. The number of carbonyl (C=O) groups is 1. The number of piperazine rings is 1. The fraction of sp³-hybridized carbons (Fsp3) is 0.720. The number of piperidine rings is 1. The first-order valence-electron chi connectivity index (χ1n) is 12.0. The molecule has 2 aliphatic heterocycles. The minimum absolute atomic E-state index is 0.0971. The maximum absolute atomic E-state index is 13.1. The lowest BCUT2D eigenvalue weighted by atomic mass is 9.62. The Balaban J connectivity index is 1.20. The van der Waals surface area contributed by atoms with Crippen LogP contribution in [0.15, 0.2) is 24.3 Å². The number of fused-ring (bicyclic) bond motifs is 2. The first-order chi connectivity index (χ1) is 15.0. The number of rotatable bonds is 6. The Hall–Kier alpha value is -1.76. The molecule has 178 valence electrons. The summed E-state index contributed by atoms with van der Waals surface area (Å²) in [5.74, 6) is 0.945. The van der Waals surface area contributed by atoms with E-state index in [0.29, 0.717) is 17.5 Å². The summed E-state index contributed by atoms with van der Waals surface area (Å²) in [7, 11) is 0. The van der Waals surface area contributed by atoms with Crippen LogP contribution in [-0.4, -0.2) is 61.5 Å². The zero-order valence-corrected chi connectivity index (χ0v) is 19.5. The van der Waals surface area contributed by atoms with Gasteiger partial charge in [0.2, 0.25) is 5.91 Å². The van der Waals surface area contributed by atoms with Gasteiger partial charge in [0.25, 0.3) is 0 Å². The van der Waals surface area contributed by atoms with Crippen molar-refractivity contribution in [3.8, 4) is 0 Å². The van der Waals surface area contributed by atoms with E-state index in [9.17, 15) is 18.0 Å². The number of hydrogen-bond donors (Lipinski definition) is 0. The van der Waals surface area contributed by atoms with Crippen LogP contribution in [0.1, 0.15) is 52.0 Å². The van der Waals surface area contributed by atoms with Crippen molar-refractivity contribution >= 4 is 11.6 Å². The SMILES string of the molecule is CC1(C)C2CC[C@@]1(C)C(=O)N(CCCCN1CCN(c3cccc(C(F)(F)F)c3)CC1)C2. The predicted molar refractivity (Wildman–Crippen MR) is 121 cm³/mol. The van der Waals surface area contributed by atoms with Gasteiger partial charge in [-0.2, -0.15) is 13.2 Å². The van der Waals surface area contributed by atoms with E-state index in [-0.39, 0.29) is 10.8 Å². The lowest BCUT2D eigenvalue weighted by Gasteiger charge is -2.49. The summed E-state index contributed by atoms with van der Waals surface area (Å²) < 4.78 is 38.9. The highest BCUT2D eigenvalue weighted by atomic mass is 19.4. The van der Waals surface area contributed by atoms with Gasteiger partial charge in [0.05, 0.1) is 11.0 Å². The normalized spacial score (nSPS) is 28.4. The number of alkyl halides is 3. The van der Waals surface area contributed by atoms with E-state index in [2.05, 4.69) is 30.6 Å². The maximum Gasteiger partial charge on any atom is 0.416 e. The molecule has 2 heterocycles. The van der Waals surface area contributed by atoms with Crippen molar-refractivity contribution in [2.24, 2.45) is 16.7 Å². The molecule has 0 radical (unpaired) electrons. The molecule has 1 unspecified atom stereocenters. The van der Waals surface area contributed by atoms with Crippen LogP contribution in [-0.2, 0) is 11.0 Å². The molecule has 1 aromatic carbocycles. The Kier molecular flexibility index (Phi) is 6.25. The monoisotopic (exact) mass is 451 g/mol. The molecule has 4 nitrogen and oxygen atoms in total. The fourth-order valence-corrected chi connectivity index (χ4v) is 5.94. The molecule has 0 N–H and O–H groups in total. The van der Waals surface area contributed by atoms with E-state index in [1.54, 1.807) is 6.07 Å². The van der Waals surface area contributed by atoms with Gasteiger partial charge in [-0.15, -0.1) is 0 Å². The van der Waals surface area contributed by atoms with Gasteiger partial charge in [0.15, 0.2) is 0 Å². The molecule has 32 heavy (non-hydrogen) atoms. The third-order valence-electron chi connectivity index (χ3n) is 8.70. The highest BCUT2D eigenvalue weighted by Crippen LogP contribution is 2.59. The van der Waals surface area contributed by atoms with Crippen molar-refractivity contribution < 1.29 is 18.0 Å². The molecule has 1 saturated carbocycles. The summed E-state index contributed by atoms with van der Waals surface area (Å²) in [6.07, 6.45) is -0.0980. The van der Waals surface area contributed by atoms with Crippen molar-refractivity contribution in [1.29, 1.82) is 0 Å². The van der Waals surface area contributed by atoms with Gasteiger partial charge in [-0.05, 0) is 61.8 Å². The summed E-state index contributed by atoms with van der Waals surface area (Å²) >= 11 is 0. The van der Waals surface area contributed by atoms with Gasteiger partial charge < -0.3 is 9.80 Å². The molecule has 0 aromatic heterocycles. The van der Waals surface area contributed by atoms with Crippen molar-refractivity contribution in [2.45, 2.75) is 52.6 Å². The number of amides is 1. The first-order valence-corrected chi connectivity index (χ1v) is 12.0. The molecule has 3 fully saturated rings. The third-order valence-corrected chi connectivity index (χ3v) is 8.70. The van der Waals surface area contributed by atoms with Gasteiger partial charge >= 0.3 is 6.18 Å². The highest BCUT2D eigenvalue weighted by molar-refractivity contribution is 5.85. The third kappa shape index (κ3) is 4.25. The lowest BCUT2D eigenvalue weighted by Crippen LogP contribution is -2.56. The number of carbonyl (C=O) groups excluding carboxylic acids is 1. The van der Waals surface area contributed by atoms with Crippen molar-refractivity contribution in [2.75, 3.05) is 50.7 Å². The number of hydrogen-bond acceptors (Lipinski definition) is 3. The molecule has 1 amide bonds. The van der Waals surface area contributed by atoms with Crippen LogP contribution in [0.4, 0.5) is 18.9 Å². The summed E-state index contributed by atoms with van der Waals surface area (Å²) in [6, 6.07) is 5.62. The molecule has 2 atom stereocenters. The second-order valence-electron chi connectivity index (χ2n) is 10.6. The number of likely N-dealkylation sites (tertiary alicyclic amines) is 1. The van der Waals surface area contributed by atoms with Crippen LogP contribution in [0.3, 0.4) is 0 Å². The molecule has 7 heteroatoms. The van der Waals surface area contributed by atoms with Gasteiger partial charge in [-0.25, -0.2) is 0 Å². The highest BCUT2D eigenvalue weighted by Gasteiger charge is 2.60. The Bertz CT molecular complexity index is 832. The van der Waals surface area contributed by atoms with Crippen LogP contribution in [0.2, 0.25) is 0 Å². The number of nitrogens with zero attached hydrogens (tertiary/aromatic N) is 3. The summed E-state index contributed by atoms with van der Waals surface area (Å²) in [5.41, 5.74) is -0.0558. The second-order valence-corrected chi connectivity index (χ2v) is 10.6. The number of halogens is 3. The summed E-state index contributed by atoms with van der Waals surface area (Å²) in [4.78, 5) is 19.6. The van der Waals surface area contributed by atoms with E-state index in [4.69, 9.17) is 0 Å². The molecular formula is C25H36F3N3O. The number of unbranched alkanes of at least 4 members (excludes halogenated alkanes) is 1. The smallest absolute Gasteiger partial charge is 0.369 e. The van der Waals surface area contributed by atoms with Crippen molar-refractivity contribution in [3.63, 3.8) is 0 Å². The molecular weight excluding hydrogens is 415 g/mol. The van der Waals surface area contributed by atoms with Gasteiger partial charge in [-0.1, -0.05) is 26.8 Å². The zero-order chi connectivity index (χ0) is 23.1. The Morgan fingerprint density at radius 3 is 2.41 bits per heavy atom. The number of anilines is 1. The van der Waals surface area contributed by atoms with E-state index in [0.717, 1.165) is 77.6 Å². The number of benzene rings is 1. The molecule has 3 aliphatic rings. The summed E-state index contributed by atoms with van der Waals surface area (Å²) in [5, 5.41) is 0. The van der Waals surface area contributed by atoms with Crippen LogP contribution < -0.4 is 4.90 Å². The van der Waals surface area contributed by atoms with Gasteiger partial charge in [-0.3, -0.25) is 9.69 Å². The predicted octanol–water partition coefficient (Wildman–Crippen LogP) is 4.89. The quantitative estimate of drug-likeness (QED) is 0.576. The Labute approximate surface area is 189 Å². The molecule has 0 spiro atoms. The van der Waals surface area contributed by atoms with E-state index in [1.807, 2.05) is 4.90 Å². The van der Waals surface area contributed by atoms with Crippen LogP contribution in [0.25, 0.3) is 0 Å². The molecule has 2 bridgehead atoms. The minimum atomic E-state index is -4.31. The standard InChI is InChI=1S/C25H36F3N3O/c1-23(2)20-9-10-24(23,3)22(32)31(18-20)12-5-4-11-29-13-15-30(16-14-29)21-8-6-7-19(17-21)25(26,27)28/h6-8,17,20H,4-5,9-16,18H2,1-3H3/t20?,24-/m0/s1.